The van der Waals surface area contributed by atoms with E-state index in [1.54, 1.807) is 11.4 Å². The van der Waals surface area contributed by atoms with E-state index >= 15 is 0 Å². The van der Waals surface area contributed by atoms with Gasteiger partial charge in [0.25, 0.3) is 5.91 Å². The fourth-order valence-electron chi connectivity index (χ4n) is 1.90. The Bertz CT molecular complexity index is 706. The SMILES string of the molecule is Cc1cscc1C(=O)Nc1cc(C(=O)O)ccc1OC(C)C. The van der Waals surface area contributed by atoms with E-state index in [1.165, 1.54) is 23.5 Å². The maximum absolute atomic E-state index is 12.3. The van der Waals surface area contributed by atoms with Gasteiger partial charge in [0.05, 0.1) is 22.9 Å². The van der Waals surface area contributed by atoms with Gasteiger partial charge in [0.1, 0.15) is 5.75 Å². The van der Waals surface area contributed by atoms with Crippen LogP contribution < -0.4 is 10.1 Å². The molecule has 0 aliphatic carbocycles. The molecule has 1 aromatic carbocycles. The zero-order chi connectivity index (χ0) is 16.3. The van der Waals surface area contributed by atoms with Gasteiger partial charge < -0.3 is 15.2 Å². The Balaban J connectivity index is 2.34. The van der Waals surface area contributed by atoms with Crippen molar-refractivity contribution >= 4 is 28.9 Å². The minimum Gasteiger partial charge on any atom is -0.489 e. The van der Waals surface area contributed by atoms with Gasteiger partial charge in [-0.3, -0.25) is 4.79 Å². The van der Waals surface area contributed by atoms with Crippen LogP contribution in [0, 0.1) is 6.92 Å². The number of amides is 1. The fraction of sp³-hybridized carbons (Fsp3) is 0.250. The van der Waals surface area contributed by atoms with Gasteiger partial charge in [-0.15, -0.1) is 0 Å². The first-order chi connectivity index (χ1) is 10.4. The number of carboxylic acids is 1. The number of anilines is 1. The van der Waals surface area contributed by atoms with Crippen molar-refractivity contribution in [3.63, 3.8) is 0 Å². The highest BCUT2D eigenvalue weighted by Gasteiger charge is 2.15. The Kier molecular flexibility index (Phi) is 4.82. The van der Waals surface area contributed by atoms with E-state index in [0.29, 0.717) is 17.0 Å². The topological polar surface area (TPSA) is 75.6 Å². The summed E-state index contributed by atoms with van der Waals surface area (Å²) in [5, 5.41) is 15.5. The molecule has 1 heterocycles. The molecule has 0 atom stereocenters. The number of aromatic carboxylic acids is 1. The number of carboxylic acid groups (broad SMARTS) is 1. The van der Waals surface area contributed by atoms with Crippen LogP contribution in [0.4, 0.5) is 5.69 Å². The predicted molar refractivity (Wildman–Crippen MR) is 86.2 cm³/mol. The molecule has 1 amide bonds. The minimum absolute atomic E-state index is 0.0887. The van der Waals surface area contributed by atoms with Crippen molar-refractivity contribution in [2.75, 3.05) is 5.32 Å². The lowest BCUT2D eigenvalue weighted by atomic mass is 10.1. The van der Waals surface area contributed by atoms with Crippen LogP contribution in [0.1, 0.15) is 40.1 Å². The molecule has 6 heteroatoms. The fourth-order valence-corrected chi connectivity index (χ4v) is 2.73. The van der Waals surface area contributed by atoms with E-state index in [1.807, 2.05) is 26.2 Å². The molecule has 1 aromatic heterocycles. The average Bonchev–Trinajstić information content (AvgIpc) is 2.86. The summed E-state index contributed by atoms with van der Waals surface area (Å²) in [4.78, 5) is 23.4. The van der Waals surface area contributed by atoms with Gasteiger partial charge in [-0.05, 0) is 49.9 Å². The van der Waals surface area contributed by atoms with E-state index < -0.39 is 5.97 Å². The third kappa shape index (κ3) is 3.65. The molecule has 0 saturated heterocycles. The third-order valence-electron chi connectivity index (χ3n) is 2.94. The standard InChI is InChI=1S/C16H17NO4S/c1-9(2)21-14-5-4-11(16(19)20)6-13(14)17-15(18)12-8-22-7-10(12)3/h4-9H,1-3H3,(H,17,18)(H,19,20). The first-order valence-electron chi connectivity index (χ1n) is 6.76. The van der Waals surface area contributed by atoms with Crippen LogP contribution in [0.5, 0.6) is 5.75 Å². The average molecular weight is 319 g/mol. The summed E-state index contributed by atoms with van der Waals surface area (Å²) in [6, 6.07) is 4.41. The lowest BCUT2D eigenvalue weighted by molar-refractivity contribution is 0.0696. The molecule has 2 N–H and O–H groups in total. The molecule has 22 heavy (non-hydrogen) atoms. The molecule has 0 spiro atoms. The van der Waals surface area contributed by atoms with Crippen molar-refractivity contribution in [2.45, 2.75) is 26.9 Å². The van der Waals surface area contributed by atoms with Crippen LogP contribution in [-0.4, -0.2) is 23.1 Å². The lowest BCUT2D eigenvalue weighted by Crippen LogP contribution is -2.15. The van der Waals surface area contributed by atoms with Crippen molar-refractivity contribution in [1.29, 1.82) is 0 Å². The van der Waals surface area contributed by atoms with Crippen LogP contribution in [0.3, 0.4) is 0 Å². The zero-order valence-corrected chi connectivity index (χ0v) is 13.4. The first-order valence-corrected chi connectivity index (χ1v) is 7.71. The number of ether oxygens (including phenoxy) is 1. The maximum Gasteiger partial charge on any atom is 0.335 e. The molecule has 116 valence electrons. The first kappa shape index (κ1) is 16.0. The molecule has 0 bridgehead atoms. The predicted octanol–water partition coefficient (Wildman–Crippen LogP) is 3.79. The van der Waals surface area contributed by atoms with Gasteiger partial charge in [0.15, 0.2) is 0 Å². The molecule has 0 radical (unpaired) electrons. The van der Waals surface area contributed by atoms with Crippen molar-refractivity contribution < 1.29 is 19.4 Å². The minimum atomic E-state index is -1.06. The van der Waals surface area contributed by atoms with Crippen LogP contribution in [0.25, 0.3) is 0 Å². The van der Waals surface area contributed by atoms with Gasteiger partial charge in [0.2, 0.25) is 0 Å². The molecule has 2 rings (SSSR count). The normalized spacial score (nSPS) is 10.5. The van der Waals surface area contributed by atoms with Crippen LogP contribution in [0.15, 0.2) is 29.0 Å². The molecule has 0 aliphatic heterocycles. The summed E-state index contributed by atoms with van der Waals surface area (Å²) in [5.41, 5.74) is 1.89. The number of benzene rings is 1. The number of aryl methyl sites for hydroxylation is 1. The summed E-state index contributed by atoms with van der Waals surface area (Å²) in [5.74, 6) is -0.894. The summed E-state index contributed by atoms with van der Waals surface area (Å²) in [6.45, 7) is 5.57. The highest BCUT2D eigenvalue weighted by molar-refractivity contribution is 7.08. The number of carbonyl (C=O) groups excluding carboxylic acids is 1. The van der Waals surface area contributed by atoms with E-state index in [4.69, 9.17) is 9.84 Å². The Morgan fingerprint density at radius 3 is 2.55 bits per heavy atom. The second-order valence-corrected chi connectivity index (χ2v) is 5.85. The second kappa shape index (κ2) is 6.62. The van der Waals surface area contributed by atoms with E-state index in [-0.39, 0.29) is 17.6 Å². The third-order valence-corrected chi connectivity index (χ3v) is 3.80. The Labute approximate surface area is 132 Å². The number of carbonyl (C=O) groups is 2. The molecule has 0 unspecified atom stereocenters. The number of hydrogen-bond acceptors (Lipinski definition) is 4. The van der Waals surface area contributed by atoms with Gasteiger partial charge in [-0.2, -0.15) is 11.3 Å². The monoisotopic (exact) mass is 319 g/mol. The Morgan fingerprint density at radius 2 is 2.00 bits per heavy atom. The van der Waals surface area contributed by atoms with Crippen molar-refractivity contribution in [3.05, 3.63) is 45.6 Å². The maximum atomic E-state index is 12.3. The van der Waals surface area contributed by atoms with Crippen LogP contribution >= 0.6 is 11.3 Å². The van der Waals surface area contributed by atoms with E-state index in [2.05, 4.69) is 5.32 Å². The lowest BCUT2D eigenvalue weighted by Gasteiger charge is -2.15. The van der Waals surface area contributed by atoms with Gasteiger partial charge in [0, 0.05) is 5.38 Å². The van der Waals surface area contributed by atoms with E-state index in [9.17, 15) is 9.59 Å². The van der Waals surface area contributed by atoms with Crippen molar-refractivity contribution in [2.24, 2.45) is 0 Å². The molecule has 0 aliphatic rings. The molecular formula is C16H17NO4S. The highest BCUT2D eigenvalue weighted by atomic mass is 32.1. The van der Waals surface area contributed by atoms with Gasteiger partial charge >= 0.3 is 5.97 Å². The summed E-state index contributed by atoms with van der Waals surface area (Å²) >= 11 is 1.44. The van der Waals surface area contributed by atoms with Crippen LogP contribution in [0.2, 0.25) is 0 Å². The van der Waals surface area contributed by atoms with E-state index in [0.717, 1.165) is 5.56 Å². The van der Waals surface area contributed by atoms with Crippen molar-refractivity contribution in [1.82, 2.24) is 0 Å². The molecule has 2 aromatic rings. The summed E-state index contributed by atoms with van der Waals surface area (Å²) in [6.07, 6.45) is -0.0887. The largest absolute Gasteiger partial charge is 0.489 e. The number of hydrogen-bond donors (Lipinski definition) is 2. The van der Waals surface area contributed by atoms with Crippen molar-refractivity contribution in [3.8, 4) is 5.75 Å². The summed E-state index contributed by atoms with van der Waals surface area (Å²) < 4.78 is 5.62. The second-order valence-electron chi connectivity index (χ2n) is 5.11. The molecular weight excluding hydrogens is 302 g/mol. The van der Waals surface area contributed by atoms with Gasteiger partial charge in [-0.1, -0.05) is 0 Å². The quantitative estimate of drug-likeness (QED) is 0.879. The molecule has 0 saturated carbocycles. The highest BCUT2D eigenvalue weighted by Crippen LogP contribution is 2.28. The Hall–Kier alpha value is -2.34. The number of thiophene rings is 1. The number of nitrogens with one attached hydrogen (secondary N) is 1. The summed E-state index contributed by atoms with van der Waals surface area (Å²) in [7, 11) is 0. The number of rotatable bonds is 5. The van der Waals surface area contributed by atoms with Crippen LogP contribution in [-0.2, 0) is 0 Å². The van der Waals surface area contributed by atoms with Gasteiger partial charge in [-0.25, -0.2) is 4.79 Å². The molecule has 5 nitrogen and oxygen atoms in total. The zero-order valence-electron chi connectivity index (χ0n) is 12.5. The Morgan fingerprint density at radius 1 is 1.27 bits per heavy atom. The smallest absolute Gasteiger partial charge is 0.335 e. The molecule has 0 fully saturated rings.